The van der Waals surface area contributed by atoms with Gasteiger partial charge in [0, 0.05) is 11.3 Å². The van der Waals surface area contributed by atoms with Gasteiger partial charge in [-0.05, 0) is 18.1 Å². The lowest BCUT2D eigenvalue weighted by Gasteiger charge is -2.32. The number of nitrogens with one attached hydrogen (secondary N) is 1. The van der Waals surface area contributed by atoms with E-state index in [2.05, 4.69) is 17.5 Å². The van der Waals surface area contributed by atoms with Crippen LogP contribution in [0.5, 0.6) is 0 Å². The Bertz CT molecular complexity index is 420. The molecular formula is C11H9NO. The lowest BCUT2D eigenvalue weighted by atomic mass is 9.77. The zero-order valence-electron chi connectivity index (χ0n) is 7.08. The molecule has 2 aliphatic rings. The van der Waals surface area contributed by atoms with Gasteiger partial charge in [0.15, 0.2) is 0 Å². The average Bonchev–Trinajstić information content (AvgIpc) is 2.04. The molecule has 3 rings (SSSR count). The van der Waals surface area contributed by atoms with Crippen LogP contribution in [-0.4, -0.2) is 5.91 Å². The Morgan fingerprint density at radius 1 is 1.31 bits per heavy atom. The summed E-state index contributed by atoms with van der Waals surface area (Å²) in [5.41, 5.74) is 3.35. The summed E-state index contributed by atoms with van der Waals surface area (Å²) in [7, 11) is 0. The van der Waals surface area contributed by atoms with Gasteiger partial charge in [0.25, 0.3) is 0 Å². The molecule has 0 saturated carbocycles. The molecule has 1 aliphatic carbocycles. The first kappa shape index (κ1) is 6.89. The second kappa shape index (κ2) is 2.22. The maximum Gasteiger partial charge on any atom is 0.232 e. The number of carbonyl (C=O) groups is 1. The molecule has 0 radical (unpaired) electrons. The normalized spacial score (nSPS) is 23.5. The molecule has 0 spiro atoms. The molecule has 1 aromatic carbocycles. The highest BCUT2D eigenvalue weighted by Gasteiger charge is 2.34. The summed E-state index contributed by atoms with van der Waals surface area (Å²) in [4.78, 5) is 11.5. The van der Waals surface area contributed by atoms with Gasteiger partial charge in [-0.1, -0.05) is 24.3 Å². The molecule has 1 amide bonds. The molecule has 1 aliphatic heterocycles. The van der Waals surface area contributed by atoms with Crippen LogP contribution in [0.15, 0.2) is 30.3 Å². The van der Waals surface area contributed by atoms with Gasteiger partial charge in [0.05, 0.1) is 5.92 Å². The number of rotatable bonds is 0. The van der Waals surface area contributed by atoms with Crippen LogP contribution in [0.4, 0.5) is 5.69 Å². The number of amides is 1. The summed E-state index contributed by atoms with van der Waals surface area (Å²) in [6.45, 7) is 0. The summed E-state index contributed by atoms with van der Waals surface area (Å²) in [5.74, 6) is 0.270. The van der Waals surface area contributed by atoms with Crippen LogP contribution >= 0.6 is 0 Å². The predicted octanol–water partition coefficient (Wildman–Crippen LogP) is 2.04. The van der Waals surface area contributed by atoms with Gasteiger partial charge in [0.2, 0.25) is 5.91 Å². The summed E-state index contributed by atoms with van der Waals surface area (Å²) in [6, 6.07) is 7.96. The van der Waals surface area contributed by atoms with E-state index in [1.165, 1.54) is 11.1 Å². The van der Waals surface area contributed by atoms with Crippen molar-refractivity contribution in [3.8, 4) is 0 Å². The van der Waals surface area contributed by atoms with Crippen LogP contribution in [0.1, 0.15) is 12.0 Å². The number of benzene rings is 1. The molecule has 1 aromatic rings. The van der Waals surface area contributed by atoms with Crippen molar-refractivity contribution < 1.29 is 4.79 Å². The Morgan fingerprint density at radius 2 is 2.15 bits per heavy atom. The molecular weight excluding hydrogens is 162 g/mol. The second-order valence-electron chi connectivity index (χ2n) is 3.48. The minimum absolute atomic E-state index is 0.120. The highest BCUT2D eigenvalue weighted by Crippen LogP contribution is 2.42. The van der Waals surface area contributed by atoms with Gasteiger partial charge < -0.3 is 5.32 Å². The van der Waals surface area contributed by atoms with Crippen LogP contribution < -0.4 is 5.32 Å². The van der Waals surface area contributed by atoms with Crippen LogP contribution in [0.25, 0.3) is 5.57 Å². The minimum Gasteiger partial charge on any atom is -0.325 e. The van der Waals surface area contributed by atoms with Crippen molar-refractivity contribution in [2.45, 2.75) is 6.42 Å². The van der Waals surface area contributed by atoms with Gasteiger partial charge >= 0.3 is 0 Å². The second-order valence-corrected chi connectivity index (χ2v) is 3.48. The van der Waals surface area contributed by atoms with E-state index in [4.69, 9.17) is 0 Å². The number of hydrogen-bond donors (Lipinski definition) is 1. The van der Waals surface area contributed by atoms with E-state index in [9.17, 15) is 4.79 Å². The molecule has 13 heavy (non-hydrogen) atoms. The topological polar surface area (TPSA) is 29.1 Å². The number of para-hydroxylation sites is 1. The number of carbonyl (C=O) groups excluding carboxylic acids is 1. The molecule has 0 saturated heterocycles. The van der Waals surface area contributed by atoms with Crippen LogP contribution in [0.3, 0.4) is 0 Å². The fourth-order valence-corrected chi connectivity index (χ4v) is 1.96. The third-order valence-electron chi connectivity index (χ3n) is 2.76. The molecule has 2 nitrogen and oxygen atoms in total. The Labute approximate surface area is 76.3 Å². The quantitative estimate of drug-likeness (QED) is 0.635. The van der Waals surface area contributed by atoms with Crippen molar-refractivity contribution in [2.75, 3.05) is 5.32 Å². The molecule has 1 atom stereocenters. The van der Waals surface area contributed by atoms with E-state index < -0.39 is 0 Å². The maximum atomic E-state index is 11.5. The number of fused-ring (bicyclic) bond motifs is 3. The van der Waals surface area contributed by atoms with Gasteiger partial charge in [0.1, 0.15) is 0 Å². The monoisotopic (exact) mass is 171 g/mol. The van der Waals surface area contributed by atoms with E-state index in [1.807, 2.05) is 18.2 Å². The van der Waals surface area contributed by atoms with Crippen molar-refractivity contribution in [3.63, 3.8) is 0 Å². The van der Waals surface area contributed by atoms with E-state index in [0.717, 1.165) is 12.1 Å². The van der Waals surface area contributed by atoms with Crippen molar-refractivity contribution in [3.05, 3.63) is 35.9 Å². The fourth-order valence-electron chi connectivity index (χ4n) is 1.96. The Morgan fingerprint density at radius 3 is 2.92 bits per heavy atom. The van der Waals surface area contributed by atoms with Gasteiger partial charge in [-0.15, -0.1) is 0 Å². The highest BCUT2D eigenvalue weighted by molar-refractivity contribution is 6.09. The van der Waals surface area contributed by atoms with Crippen molar-refractivity contribution in [1.82, 2.24) is 0 Å². The summed E-state index contributed by atoms with van der Waals surface area (Å²) >= 11 is 0. The first-order chi connectivity index (χ1) is 6.36. The molecule has 1 unspecified atom stereocenters. The third-order valence-corrected chi connectivity index (χ3v) is 2.76. The van der Waals surface area contributed by atoms with E-state index in [0.29, 0.717) is 0 Å². The molecule has 0 fully saturated rings. The zero-order valence-corrected chi connectivity index (χ0v) is 7.08. The average molecular weight is 171 g/mol. The zero-order chi connectivity index (χ0) is 8.84. The first-order valence-electron chi connectivity index (χ1n) is 4.46. The smallest absolute Gasteiger partial charge is 0.232 e. The lowest BCUT2D eigenvalue weighted by Crippen LogP contribution is -2.32. The van der Waals surface area contributed by atoms with E-state index >= 15 is 0 Å². The fraction of sp³-hybridized carbons (Fsp3) is 0.182. The highest BCUT2D eigenvalue weighted by atomic mass is 16.2. The Kier molecular flexibility index (Phi) is 1.18. The summed E-state index contributed by atoms with van der Waals surface area (Å²) < 4.78 is 0. The number of anilines is 1. The molecule has 1 heterocycles. The first-order valence-corrected chi connectivity index (χ1v) is 4.46. The van der Waals surface area contributed by atoms with Crippen molar-refractivity contribution >= 4 is 17.2 Å². The SMILES string of the molecule is O=C1Nc2ccccc2C2=CCC12. The molecule has 2 heteroatoms. The van der Waals surface area contributed by atoms with Crippen molar-refractivity contribution in [1.29, 1.82) is 0 Å². The van der Waals surface area contributed by atoms with Crippen LogP contribution in [0, 0.1) is 5.92 Å². The molecule has 0 aromatic heterocycles. The molecule has 1 N–H and O–H groups in total. The van der Waals surface area contributed by atoms with Gasteiger partial charge in [-0.3, -0.25) is 4.79 Å². The Hall–Kier alpha value is -1.57. The van der Waals surface area contributed by atoms with E-state index in [-0.39, 0.29) is 11.8 Å². The minimum atomic E-state index is 0.120. The van der Waals surface area contributed by atoms with Crippen LogP contribution in [0.2, 0.25) is 0 Å². The van der Waals surface area contributed by atoms with Gasteiger partial charge in [-0.25, -0.2) is 0 Å². The standard InChI is InChI=1S/C11H9NO/c13-11-9-6-5-7(9)8-3-1-2-4-10(8)12-11/h1-5,9H,6H2,(H,12,13). The summed E-state index contributed by atoms with van der Waals surface area (Å²) in [5, 5.41) is 2.91. The van der Waals surface area contributed by atoms with Crippen molar-refractivity contribution in [2.24, 2.45) is 5.92 Å². The molecule has 0 bridgehead atoms. The predicted molar refractivity (Wildman–Crippen MR) is 51.2 cm³/mol. The largest absolute Gasteiger partial charge is 0.325 e. The maximum absolute atomic E-state index is 11.5. The third kappa shape index (κ3) is 0.800. The number of hydrogen-bond acceptors (Lipinski definition) is 1. The Balaban J connectivity index is 2.22. The lowest BCUT2D eigenvalue weighted by molar-refractivity contribution is -0.118. The molecule has 64 valence electrons. The van der Waals surface area contributed by atoms with Crippen LogP contribution in [-0.2, 0) is 4.79 Å². The van der Waals surface area contributed by atoms with Gasteiger partial charge in [-0.2, -0.15) is 0 Å². The summed E-state index contributed by atoms with van der Waals surface area (Å²) in [6.07, 6.45) is 3.04. The number of allylic oxidation sites excluding steroid dienone is 1. The van der Waals surface area contributed by atoms with E-state index in [1.54, 1.807) is 0 Å².